The van der Waals surface area contributed by atoms with Crippen LogP contribution in [0.2, 0.25) is 0 Å². The Morgan fingerprint density at radius 2 is 1.63 bits per heavy atom. The molecule has 2 aromatic carbocycles. The molecule has 8 heteroatoms. The molecule has 0 radical (unpaired) electrons. The van der Waals surface area contributed by atoms with Gasteiger partial charge in [-0.25, -0.2) is 0 Å². The van der Waals surface area contributed by atoms with Gasteiger partial charge in [-0.15, -0.1) is 0 Å². The largest absolute Gasteiger partial charge is 0.497 e. The van der Waals surface area contributed by atoms with Gasteiger partial charge in [0.2, 0.25) is 0 Å². The minimum absolute atomic E-state index is 0.0132. The third-order valence-electron chi connectivity index (χ3n) is 4.88. The molecule has 0 aliphatic carbocycles. The van der Waals surface area contributed by atoms with Crippen molar-refractivity contribution >= 4 is 16.0 Å². The summed E-state index contributed by atoms with van der Waals surface area (Å²) in [6, 6.07) is 11.8. The Morgan fingerprint density at radius 1 is 1.00 bits per heavy atom. The lowest BCUT2D eigenvalue weighted by molar-refractivity contribution is 0.0668. The molecule has 0 aliphatic rings. The zero-order valence-electron chi connectivity index (χ0n) is 18.0. The molecule has 30 heavy (non-hydrogen) atoms. The van der Waals surface area contributed by atoms with E-state index >= 15 is 0 Å². The SMILES string of the molecule is CCC(C)N(Cc1ccc(OS(=O)(=O)CC)cc1)C(=O)c1ccc(OC)cc1OC. The number of carbonyl (C=O) groups excluding carboxylic acids is 1. The molecule has 0 bridgehead atoms. The number of carbonyl (C=O) groups is 1. The van der Waals surface area contributed by atoms with Crippen molar-refractivity contribution < 1.29 is 26.9 Å². The molecular formula is C22H29NO6S. The van der Waals surface area contributed by atoms with Crippen LogP contribution in [0.4, 0.5) is 0 Å². The summed E-state index contributed by atoms with van der Waals surface area (Å²) in [4.78, 5) is 15.1. The van der Waals surface area contributed by atoms with Crippen LogP contribution < -0.4 is 13.7 Å². The molecule has 0 aliphatic heterocycles. The van der Waals surface area contributed by atoms with Gasteiger partial charge in [-0.1, -0.05) is 19.1 Å². The molecule has 1 unspecified atom stereocenters. The van der Waals surface area contributed by atoms with Crippen molar-refractivity contribution in [3.8, 4) is 17.2 Å². The Kier molecular flexibility index (Phi) is 8.11. The molecule has 1 atom stereocenters. The van der Waals surface area contributed by atoms with Crippen LogP contribution in [0.15, 0.2) is 42.5 Å². The number of ether oxygens (including phenoxy) is 2. The maximum absolute atomic E-state index is 13.3. The van der Waals surface area contributed by atoms with Gasteiger partial charge in [0.05, 0.1) is 25.5 Å². The van der Waals surface area contributed by atoms with E-state index in [1.54, 1.807) is 54.5 Å². The lowest BCUT2D eigenvalue weighted by Gasteiger charge is -2.29. The summed E-state index contributed by atoms with van der Waals surface area (Å²) in [7, 11) is -0.505. The van der Waals surface area contributed by atoms with Crippen LogP contribution in [0, 0.1) is 0 Å². The van der Waals surface area contributed by atoms with Crippen LogP contribution >= 0.6 is 0 Å². The molecule has 2 aromatic rings. The van der Waals surface area contributed by atoms with Crippen LogP contribution in [-0.2, 0) is 16.7 Å². The highest BCUT2D eigenvalue weighted by Gasteiger charge is 2.24. The Labute approximate surface area is 178 Å². The Bertz CT molecular complexity index is 956. The summed E-state index contributed by atoms with van der Waals surface area (Å²) >= 11 is 0. The van der Waals surface area contributed by atoms with Crippen molar-refractivity contribution in [2.75, 3.05) is 20.0 Å². The monoisotopic (exact) mass is 435 g/mol. The van der Waals surface area contributed by atoms with Gasteiger partial charge in [-0.2, -0.15) is 8.42 Å². The van der Waals surface area contributed by atoms with Gasteiger partial charge >= 0.3 is 10.1 Å². The fourth-order valence-electron chi connectivity index (χ4n) is 2.83. The van der Waals surface area contributed by atoms with E-state index in [9.17, 15) is 13.2 Å². The first-order valence-corrected chi connectivity index (χ1v) is 11.4. The molecule has 0 N–H and O–H groups in total. The summed E-state index contributed by atoms with van der Waals surface area (Å²) in [5, 5.41) is 0. The number of hydrogen-bond donors (Lipinski definition) is 0. The maximum Gasteiger partial charge on any atom is 0.308 e. The lowest BCUT2D eigenvalue weighted by atomic mass is 10.1. The molecule has 0 aromatic heterocycles. The second-order valence-electron chi connectivity index (χ2n) is 6.83. The van der Waals surface area contributed by atoms with Crippen LogP contribution in [0.5, 0.6) is 17.2 Å². The zero-order valence-corrected chi connectivity index (χ0v) is 18.9. The average molecular weight is 436 g/mol. The van der Waals surface area contributed by atoms with Crippen molar-refractivity contribution in [2.24, 2.45) is 0 Å². The van der Waals surface area contributed by atoms with E-state index in [1.807, 2.05) is 13.8 Å². The molecule has 7 nitrogen and oxygen atoms in total. The first-order valence-electron chi connectivity index (χ1n) is 9.78. The van der Waals surface area contributed by atoms with E-state index in [1.165, 1.54) is 14.0 Å². The molecule has 2 rings (SSSR count). The van der Waals surface area contributed by atoms with Crippen molar-refractivity contribution in [1.82, 2.24) is 4.90 Å². The number of nitrogens with zero attached hydrogens (tertiary/aromatic N) is 1. The number of rotatable bonds is 10. The molecule has 0 saturated heterocycles. The maximum atomic E-state index is 13.3. The topological polar surface area (TPSA) is 82.1 Å². The standard InChI is InChI=1S/C22H29NO6S/c1-6-16(3)23(22(24)20-13-12-19(27-4)14-21(20)28-5)15-17-8-10-18(11-9-17)29-30(25,26)7-2/h8-14,16H,6-7,15H2,1-5H3. The van der Waals surface area contributed by atoms with Gasteiger partial charge in [-0.3, -0.25) is 4.79 Å². The summed E-state index contributed by atoms with van der Waals surface area (Å²) in [6.07, 6.45) is 0.778. The van der Waals surface area contributed by atoms with Crippen molar-refractivity contribution in [3.05, 3.63) is 53.6 Å². The van der Waals surface area contributed by atoms with Gasteiger partial charge in [0.25, 0.3) is 5.91 Å². The van der Waals surface area contributed by atoms with Crippen LogP contribution in [-0.4, -0.2) is 45.2 Å². The van der Waals surface area contributed by atoms with E-state index in [0.717, 1.165) is 12.0 Å². The van der Waals surface area contributed by atoms with E-state index in [4.69, 9.17) is 13.7 Å². The normalized spacial score (nSPS) is 12.2. The third kappa shape index (κ3) is 5.89. The number of amides is 1. The minimum Gasteiger partial charge on any atom is -0.497 e. The van der Waals surface area contributed by atoms with Gasteiger partial charge in [-0.05, 0) is 50.1 Å². The Balaban J connectivity index is 2.27. The fourth-order valence-corrected chi connectivity index (χ4v) is 3.35. The number of methoxy groups -OCH3 is 2. The number of hydrogen-bond acceptors (Lipinski definition) is 6. The van der Waals surface area contributed by atoms with Crippen LogP contribution in [0.3, 0.4) is 0 Å². The van der Waals surface area contributed by atoms with Gasteiger partial charge in [0.1, 0.15) is 17.2 Å². The van der Waals surface area contributed by atoms with Crippen molar-refractivity contribution in [2.45, 2.75) is 39.8 Å². The second-order valence-corrected chi connectivity index (χ2v) is 8.69. The van der Waals surface area contributed by atoms with E-state index in [0.29, 0.717) is 23.6 Å². The number of benzene rings is 2. The summed E-state index contributed by atoms with van der Waals surface area (Å²) in [5.74, 6) is 1.04. The van der Waals surface area contributed by atoms with Gasteiger partial charge < -0.3 is 18.6 Å². The second kappa shape index (κ2) is 10.3. The minimum atomic E-state index is -3.58. The lowest BCUT2D eigenvalue weighted by Crippen LogP contribution is -2.38. The predicted octanol–water partition coefficient (Wildman–Crippen LogP) is 3.87. The highest BCUT2D eigenvalue weighted by atomic mass is 32.2. The first-order chi connectivity index (χ1) is 14.2. The summed E-state index contributed by atoms with van der Waals surface area (Å²) in [6.45, 7) is 5.89. The predicted molar refractivity (Wildman–Crippen MR) is 116 cm³/mol. The molecule has 1 amide bonds. The first kappa shape index (κ1) is 23.5. The molecule has 164 valence electrons. The van der Waals surface area contributed by atoms with E-state index in [-0.39, 0.29) is 23.5 Å². The molecule has 0 heterocycles. The van der Waals surface area contributed by atoms with Crippen LogP contribution in [0.1, 0.15) is 43.1 Å². The van der Waals surface area contributed by atoms with Crippen LogP contribution in [0.25, 0.3) is 0 Å². The Morgan fingerprint density at radius 3 is 2.17 bits per heavy atom. The summed E-state index contributed by atoms with van der Waals surface area (Å²) < 4.78 is 38.8. The third-order valence-corrected chi connectivity index (χ3v) is 6.03. The van der Waals surface area contributed by atoms with Gasteiger partial charge in [0.15, 0.2) is 0 Å². The molecule has 0 spiro atoms. The van der Waals surface area contributed by atoms with Gasteiger partial charge in [0, 0.05) is 18.7 Å². The highest BCUT2D eigenvalue weighted by molar-refractivity contribution is 7.87. The van der Waals surface area contributed by atoms with Crippen molar-refractivity contribution in [1.29, 1.82) is 0 Å². The van der Waals surface area contributed by atoms with E-state index in [2.05, 4.69) is 0 Å². The van der Waals surface area contributed by atoms with E-state index < -0.39 is 10.1 Å². The molecular weight excluding hydrogens is 406 g/mol. The summed E-state index contributed by atoms with van der Waals surface area (Å²) in [5.41, 5.74) is 1.31. The quantitative estimate of drug-likeness (QED) is 0.527. The zero-order chi connectivity index (χ0) is 22.3. The average Bonchev–Trinajstić information content (AvgIpc) is 2.76. The Hall–Kier alpha value is -2.74. The fraction of sp³-hybridized carbons (Fsp3) is 0.409. The van der Waals surface area contributed by atoms with Crippen molar-refractivity contribution in [3.63, 3.8) is 0 Å². The molecule has 0 saturated carbocycles. The molecule has 0 fully saturated rings. The highest BCUT2D eigenvalue weighted by Crippen LogP contribution is 2.27. The smallest absolute Gasteiger partial charge is 0.308 e.